The monoisotopic (exact) mass is 498 g/mol. The molecule has 1 aliphatic rings. The molecule has 9 nitrogen and oxygen atoms in total. The van der Waals surface area contributed by atoms with Gasteiger partial charge in [-0.2, -0.15) is 0 Å². The van der Waals surface area contributed by atoms with Crippen LogP contribution in [0.2, 0.25) is 0 Å². The Morgan fingerprint density at radius 3 is 2.54 bits per heavy atom. The van der Waals surface area contributed by atoms with Gasteiger partial charge >= 0.3 is 6.03 Å². The first-order valence-electron chi connectivity index (χ1n) is 12.1. The number of aryl methyl sites for hydroxylation is 2. The van der Waals surface area contributed by atoms with Crippen molar-refractivity contribution in [3.63, 3.8) is 0 Å². The van der Waals surface area contributed by atoms with Crippen molar-refractivity contribution < 1.29 is 13.2 Å². The SMILES string of the molecule is CCCCNC(=O)NS(=O)(=O)c1ccc(C)cc1N1CCN(Cc2nc3ccccc3n2C)CC1. The van der Waals surface area contributed by atoms with Gasteiger partial charge in [-0.15, -0.1) is 0 Å². The average molecular weight is 499 g/mol. The van der Waals surface area contributed by atoms with Crippen LogP contribution in [0.15, 0.2) is 47.4 Å². The number of aromatic nitrogens is 2. The van der Waals surface area contributed by atoms with E-state index >= 15 is 0 Å². The predicted octanol–water partition coefficient (Wildman–Crippen LogP) is 2.99. The van der Waals surface area contributed by atoms with Gasteiger partial charge in [-0.05, 0) is 43.2 Å². The minimum absolute atomic E-state index is 0.123. The quantitative estimate of drug-likeness (QED) is 0.463. The molecule has 2 heterocycles. The number of urea groups is 1. The molecule has 35 heavy (non-hydrogen) atoms. The highest BCUT2D eigenvalue weighted by Gasteiger charge is 2.27. The topological polar surface area (TPSA) is 99.6 Å². The Hall–Kier alpha value is -3.11. The van der Waals surface area contributed by atoms with E-state index in [1.165, 1.54) is 0 Å². The van der Waals surface area contributed by atoms with Gasteiger partial charge in [0.05, 0.1) is 23.3 Å². The Kier molecular flexibility index (Phi) is 7.61. The number of nitrogens with one attached hydrogen (secondary N) is 2. The largest absolute Gasteiger partial charge is 0.368 e. The molecule has 0 radical (unpaired) electrons. The molecule has 1 aromatic heterocycles. The fourth-order valence-corrected chi connectivity index (χ4v) is 5.51. The fourth-order valence-electron chi connectivity index (χ4n) is 4.38. The Balaban J connectivity index is 1.45. The van der Waals surface area contributed by atoms with Gasteiger partial charge in [0, 0.05) is 39.8 Å². The second-order valence-electron chi connectivity index (χ2n) is 9.03. The van der Waals surface area contributed by atoms with Gasteiger partial charge in [0.25, 0.3) is 10.0 Å². The molecule has 1 aliphatic heterocycles. The summed E-state index contributed by atoms with van der Waals surface area (Å²) >= 11 is 0. The summed E-state index contributed by atoms with van der Waals surface area (Å²) in [6.07, 6.45) is 1.71. The van der Waals surface area contributed by atoms with Crippen molar-refractivity contribution in [3.05, 3.63) is 53.9 Å². The number of benzene rings is 2. The van der Waals surface area contributed by atoms with Crippen molar-refractivity contribution in [2.24, 2.45) is 7.05 Å². The number of fused-ring (bicyclic) bond motifs is 1. The van der Waals surface area contributed by atoms with E-state index in [4.69, 9.17) is 4.98 Å². The van der Waals surface area contributed by atoms with Crippen molar-refractivity contribution in [1.82, 2.24) is 24.5 Å². The van der Waals surface area contributed by atoms with Crippen LogP contribution in [0.25, 0.3) is 11.0 Å². The maximum absolute atomic E-state index is 13.1. The van der Waals surface area contributed by atoms with Crippen LogP contribution in [0.5, 0.6) is 0 Å². The smallest absolute Gasteiger partial charge is 0.328 e. The van der Waals surface area contributed by atoms with Crippen molar-refractivity contribution in [1.29, 1.82) is 0 Å². The molecule has 0 atom stereocenters. The zero-order chi connectivity index (χ0) is 25.0. The highest BCUT2D eigenvalue weighted by molar-refractivity contribution is 7.90. The van der Waals surface area contributed by atoms with Gasteiger partial charge < -0.3 is 14.8 Å². The number of nitrogens with zero attached hydrogens (tertiary/aromatic N) is 4. The van der Waals surface area contributed by atoms with Gasteiger partial charge in [0.15, 0.2) is 0 Å². The highest BCUT2D eigenvalue weighted by Crippen LogP contribution is 2.28. The first kappa shape index (κ1) is 25.0. The number of amides is 2. The summed E-state index contributed by atoms with van der Waals surface area (Å²) in [5.41, 5.74) is 3.70. The van der Waals surface area contributed by atoms with Crippen molar-refractivity contribution >= 4 is 32.8 Å². The predicted molar refractivity (Wildman–Crippen MR) is 138 cm³/mol. The fraction of sp³-hybridized carbons (Fsp3) is 0.440. The number of hydrogen-bond acceptors (Lipinski definition) is 6. The van der Waals surface area contributed by atoms with E-state index < -0.39 is 16.1 Å². The third kappa shape index (κ3) is 5.76. The molecular weight excluding hydrogens is 464 g/mol. The molecular formula is C25H34N6O3S. The zero-order valence-corrected chi connectivity index (χ0v) is 21.4. The van der Waals surface area contributed by atoms with Crippen LogP contribution in [0.4, 0.5) is 10.5 Å². The minimum atomic E-state index is -4.01. The molecule has 188 valence electrons. The number of carbonyl (C=O) groups excluding carboxylic acids is 1. The third-order valence-electron chi connectivity index (χ3n) is 6.40. The molecule has 10 heteroatoms. The molecule has 4 rings (SSSR count). The molecule has 2 N–H and O–H groups in total. The number of anilines is 1. The summed E-state index contributed by atoms with van der Waals surface area (Å²) in [5, 5.41) is 2.61. The summed E-state index contributed by atoms with van der Waals surface area (Å²) in [4.78, 5) is 21.5. The average Bonchev–Trinajstić information content (AvgIpc) is 3.14. The minimum Gasteiger partial charge on any atom is -0.368 e. The normalized spacial score (nSPS) is 14.9. The standard InChI is InChI=1S/C25H34N6O3S/c1-4-5-12-26-25(32)28-35(33,34)23-11-10-19(2)17-22(23)31-15-13-30(14-16-31)18-24-27-20-8-6-7-9-21(20)29(24)3/h6-11,17H,4-5,12-16,18H2,1-3H3,(H2,26,28,32). The molecule has 2 aromatic carbocycles. The van der Waals surface area contributed by atoms with E-state index in [1.807, 2.05) is 45.2 Å². The maximum atomic E-state index is 13.1. The van der Waals surface area contributed by atoms with Gasteiger partial charge in [0.1, 0.15) is 10.7 Å². The van der Waals surface area contributed by atoms with Crippen LogP contribution >= 0.6 is 0 Å². The number of piperazine rings is 1. The lowest BCUT2D eigenvalue weighted by Crippen LogP contribution is -2.47. The van der Waals surface area contributed by atoms with Crippen molar-refractivity contribution in [2.75, 3.05) is 37.6 Å². The lowest BCUT2D eigenvalue weighted by Gasteiger charge is -2.36. The third-order valence-corrected chi connectivity index (χ3v) is 7.78. The molecule has 0 unspecified atom stereocenters. The number of imidazole rings is 1. The summed E-state index contributed by atoms with van der Waals surface area (Å²) in [5.74, 6) is 1.01. The van der Waals surface area contributed by atoms with Crippen LogP contribution in [-0.2, 0) is 23.6 Å². The first-order valence-corrected chi connectivity index (χ1v) is 13.6. The molecule has 3 aromatic rings. The molecule has 0 saturated carbocycles. The van der Waals surface area contributed by atoms with Crippen LogP contribution in [0.1, 0.15) is 31.2 Å². The van der Waals surface area contributed by atoms with Crippen LogP contribution in [0.3, 0.4) is 0 Å². The number of hydrogen-bond donors (Lipinski definition) is 2. The van der Waals surface area contributed by atoms with Gasteiger partial charge in [-0.25, -0.2) is 22.9 Å². The van der Waals surface area contributed by atoms with E-state index in [0.29, 0.717) is 25.3 Å². The number of carbonyl (C=O) groups is 1. The Bertz CT molecular complexity index is 1300. The summed E-state index contributed by atoms with van der Waals surface area (Å²) in [6, 6.07) is 12.6. The summed E-state index contributed by atoms with van der Waals surface area (Å²) in [6.45, 7) is 8.03. The number of rotatable bonds is 8. The molecule has 0 bridgehead atoms. The number of para-hydroxylation sites is 2. The number of sulfonamides is 1. The van der Waals surface area contributed by atoms with E-state index in [2.05, 4.69) is 30.5 Å². The zero-order valence-electron chi connectivity index (χ0n) is 20.6. The Morgan fingerprint density at radius 2 is 1.83 bits per heavy atom. The highest BCUT2D eigenvalue weighted by atomic mass is 32.2. The van der Waals surface area contributed by atoms with Crippen LogP contribution in [0, 0.1) is 6.92 Å². The second kappa shape index (κ2) is 10.7. The maximum Gasteiger partial charge on any atom is 0.328 e. The van der Waals surface area contributed by atoms with Crippen molar-refractivity contribution in [3.8, 4) is 0 Å². The number of unbranched alkanes of at least 4 members (excludes halogenated alkanes) is 1. The molecule has 0 spiro atoms. The molecule has 2 amide bonds. The second-order valence-corrected chi connectivity index (χ2v) is 10.7. The lowest BCUT2D eigenvalue weighted by molar-refractivity contribution is 0.242. The lowest BCUT2D eigenvalue weighted by atomic mass is 10.2. The van der Waals surface area contributed by atoms with Crippen LogP contribution < -0.4 is 14.9 Å². The van der Waals surface area contributed by atoms with Gasteiger partial charge in [-0.3, -0.25) is 4.90 Å². The Labute approximate surface area is 207 Å². The molecule has 0 aliphatic carbocycles. The van der Waals surface area contributed by atoms with Crippen LogP contribution in [-0.4, -0.2) is 61.6 Å². The van der Waals surface area contributed by atoms with E-state index in [0.717, 1.165) is 54.9 Å². The Morgan fingerprint density at radius 1 is 1.09 bits per heavy atom. The molecule has 1 saturated heterocycles. The van der Waals surface area contributed by atoms with Gasteiger partial charge in [0.2, 0.25) is 0 Å². The van der Waals surface area contributed by atoms with Crippen molar-refractivity contribution in [2.45, 2.75) is 38.1 Å². The molecule has 1 fully saturated rings. The summed E-state index contributed by atoms with van der Waals surface area (Å²) in [7, 11) is -1.97. The van der Waals surface area contributed by atoms with E-state index in [1.54, 1.807) is 12.1 Å². The van der Waals surface area contributed by atoms with Gasteiger partial charge in [-0.1, -0.05) is 31.5 Å². The van der Waals surface area contributed by atoms with E-state index in [-0.39, 0.29) is 4.90 Å². The van der Waals surface area contributed by atoms with E-state index in [9.17, 15) is 13.2 Å². The summed E-state index contributed by atoms with van der Waals surface area (Å²) < 4.78 is 30.4. The first-order chi connectivity index (χ1) is 16.8.